The van der Waals surface area contributed by atoms with Gasteiger partial charge in [0.1, 0.15) is 5.82 Å². The van der Waals surface area contributed by atoms with Gasteiger partial charge in [-0.15, -0.1) is 12.4 Å². The summed E-state index contributed by atoms with van der Waals surface area (Å²) in [5.74, 6) is -0.650. The van der Waals surface area contributed by atoms with Gasteiger partial charge in [-0.25, -0.2) is 12.8 Å². The number of benzene rings is 2. The Labute approximate surface area is 164 Å². The maximum atomic E-state index is 13.0. The molecule has 1 heterocycles. The number of hydrogen-bond acceptors (Lipinski definition) is 4. The highest BCUT2D eigenvalue weighted by molar-refractivity contribution is 7.92. The molecular formula is C18H21ClFN3O3S. The topological polar surface area (TPSA) is 78.5 Å². The maximum absolute atomic E-state index is 13.0. The molecule has 6 nitrogen and oxygen atoms in total. The monoisotopic (exact) mass is 413 g/mol. The van der Waals surface area contributed by atoms with E-state index in [-0.39, 0.29) is 34.9 Å². The second kappa shape index (κ2) is 8.69. The molecule has 27 heavy (non-hydrogen) atoms. The van der Waals surface area contributed by atoms with Crippen LogP contribution in [0.5, 0.6) is 0 Å². The standard InChI is InChI=1S/C18H20FN3O3S.ClH/c1-13-12-22(10-9-20-13)18(23)14-3-2-4-17(11-14)26(24,25)21-16-7-5-15(19)6-8-16;/h2-8,11,13,20-21H,9-10,12H2,1H3;1H. The zero-order chi connectivity index (χ0) is 18.7. The summed E-state index contributed by atoms with van der Waals surface area (Å²) < 4.78 is 40.4. The SMILES string of the molecule is CC1CN(C(=O)c2cccc(S(=O)(=O)Nc3ccc(F)cc3)c2)CCN1.Cl. The number of carbonyl (C=O) groups is 1. The molecule has 1 saturated heterocycles. The van der Waals surface area contributed by atoms with Gasteiger partial charge in [-0.1, -0.05) is 6.07 Å². The van der Waals surface area contributed by atoms with Gasteiger partial charge in [0.25, 0.3) is 15.9 Å². The van der Waals surface area contributed by atoms with Crippen molar-refractivity contribution in [3.63, 3.8) is 0 Å². The molecule has 1 atom stereocenters. The molecule has 0 bridgehead atoms. The number of sulfonamides is 1. The van der Waals surface area contributed by atoms with Crippen molar-refractivity contribution >= 4 is 34.0 Å². The molecule has 0 aromatic heterocycles. The van der Waals surface area contributed by atoms with E-state index in [1.807, 2.05) is 6.92 Å². The Bertz CT molecular complexity index is 906. The van der Waals surface area contributed by atoms with E-state index in [4.69, 9.17) is 0 Å². The van der Waals surface area contributed by atoms with Crippen LogP contribution in [0.4, 0.5) is 10.1 Å². The van der Waals surface area contributed by atoms with Crippen LogP contribution in [0.2, 0.25) is 0 Å². The molecule has 0 aliphatic carbocycles. The molecule has 146 valence electrons. The zero-order valence-electron chi connectivity index (χ0n) is 14.7. The molecule has 1 unspecified atom stereocenters. The number of rotatable bonds is 4. The molecule has 1 amide bonds. The molecule has 0 spiro atoms. The van der Waals surface area contributed by atoms with Crippen molar-refractivity contribution in [1.82, 2.24) is 10.2 Å². The third-order valence-corrected chi connectivity index (χ3v) is 5.52. The van der Waals surface area contributed by atoms with Crippen LogP contribution in [0.1, 0.15) is 17.3 Å². The van der Waals surface area contributed by atoms with Gasteiger partial charge in [0.05, 0.1) is 4.90 Å². The number of anilines is 1. The molecule has 0 radical (unpaired) electrons. The van der Waals surface area contributed by atoms with Gasteiger partial charge in [-0.2, -0.15) is 0 Å². The fourth-order valence-electron chi connectivity index (χ4n) is 2.83. The average Bonchev–Trinajstić information content (AvgIpc) is 2.63. The Balaban J connectivity index is 0.00000261. The number of amides is 1. The molecule has 2 N–H and O–H groups in total. The van der Waals surface area contributed by atoms with Gasteiger partial charge in [0, 0.05) is 36.9 Å². The highest BCUT2D eigenvalue weighted by Gasteiger charge is 2.23. The average molecular weight is 414 g/mol. The molecule has 1 fully saturated rings. The van der Waals surface area contributed by atoms with Crippen LogP contribution in [0.15, 0.2) is 53.4 Å². The number of nitrogens with zero attached hydrogens (tertiary/aromatic N) is 1. The Kier molecular flexibility index (Phi) is 6.80. The van der Waals surface area contributed by atoms with Crippen molar-refractivity contribution in [2.45, 2.75) is 17.9 Å². The molecule has 0 saturated carbocycles. The molecule has 1 aliphatic rings. The Morgan fingerprint density at radius 1 is 1.22 bits per heavy atom. The molecule has 2 aromatic carbocycles. The highest BCUT2D eigenvalue weighted by Crippen LogP contribution is 2.18. The van der Waals surface area contributed by atoms with E-state index in [0.29, 0.717) is 25.2 Å². The smallest absolute Gasteiger partial charge is 0.261 e. The number of hydrogen-bond donors (Lipinski definition) is 2. The van der Waals surface area contributed by atoms with Gasteiger partial charge >= 0.3 is 0 Å². The Hall–Kier alpha value is -2.16. The Morgan fingerprint density at radius 3 is 2.59 bits per heavy atom. The molecule has 9 heteroatoms. The summed E-state index contributed by atoms with van der Waals surface area (Å²) in [4.78, 5) is 14.4. The summed E-state index contributed by atoms with van der Waals surface area (Å²) >= 11 is 0. The summed E-state index contributed by atoms with van der Waals surface area (Å²) in [5.41, 5.74) is 0.570. The van der Waals surface area contributed by atoms with E-state index in [2.05, 4.69) is 10.0 Å². The van der Waals surface area contributed by atoms with Crippen LogP contribution >= 0.6 is 12.4 Å². The van der Waals surface area contributed by atoms with E-state index in [0.717, 1.165) is 0 Å². The van der Waals surface area contributed by atoms with Crippen LogP contribution in [-0.2, 0) is 10.0 Å². The van der Waals surface area contributed by atoms with E-state index in [1.165, 1.54) is 42.5 Å². The third-order valence-electron chi connectivity index (χ3n) is 4.14. The first-order chi connectivity index (χ1) is 12.3. The van der Waals surface area contributed by atoms with Crippen LogP contribution in [0.25, 0.3) is 0 Å². The van der Waals surface area contributed by atoms with E-state index in [9.17, 15) is 17.6 Å². The first kappa shape index (κ1) is 21.1. The number of piperazine rings is 1. The lowest BCUT2D eigenvalue weighted by Crippen LogP contribution is -2.51. The predicted molar refractivity (Wildman–Crippen MR) is 104 cm³/mol. The zero-order valence-corrected chi connectivity index (χ0v) is 16.3. The maximum Gasteiger partial charge on any atom is 0.261 e. The molecular weight excluding hydrogens is 393 g/mol. The van der Waals surface area contributed by atoms with Crippen molar-refractivity contribution in [3.8, 4) is 0 Å². The summed E-state index contributed by atoms with van der Waals surface area (Å²) in [6.07, 6.45) is 0. The third kappa shape index (κ3) is 5.18. The molecule has 2 aromatic rings. The van der Waals surface area contributed by atoms with Gasteiger partial charge in [0.2, 0.25) is 0 Å². The van der Waals surface area contributed by atoms with Crippen LogP contribution in [0.3, 0.4) is 0 Å². The van der Waals surface area contributed by atoms with Crippen molar-refractivity contribution in [2.24, 2.45) is 0 Å². The van der Waals surface area contributed by atoms with Crippen LogP contribution < -0.4 is 10.0 Å². The lowest BCUT2D eigenvalue weighted by Gasteiger charge is -2.32. The minimum atomic E-state index is -3.88. The summed E-state index contributed by atoms with van der Waals surface area (Å²) in [6, 6.07) is 11.1. The predicted octanol–water partition coefficient (Wildman–Crippen LogP) is 2.48. The fraction of sp³-hybridized carbons (Fsp3) is 0.278. The van der Waals surface area contributed by atoms with Gasteiger partial charge in [-0.3, -0.25) is 9.52 Å². The fourth-order valence-corrected chi connectivity index (χ4v) is 3.93. The number of nitrogens with one attached hydrogen (secondary N) is 2. The van der Waals surface area contributed by atoms with Crippen molar-refractivity contribution < 1.29 is 17.6 Å². The van der Waals surface area contributed by atoms with Crippen LogP contribution in [0, 0.1) is 5.82 Å². The van der Waals surface area contributed by atoms with Crippen molar-refractivity contribution in [1.29, 1.82) is 0 Å². The lowest BCUT2D eigenvalue weighted by molar-refractivity contribution is 0.0709. The summed E-state index contributed by atoms with van der Waals surface area (Å²) in [7, 11) is -3.88. The van der Waals surface area contributed by atoms with Gasteiger partial charge < -0.3 is 10.2 Å². The lowest BCUT2D eigenvalue weighted by atomic mass is 10.1. The largest absolute Gasteiger partial charge is 0.336 e. The van der Waals surface area contributed by atoms with E-state index < -0.39 is 15.8 Å². The highest BCUT2D eigenvalue weighted by atomic mass is 35.5. The minimum Gasteiger partial charge on any atom is -0.336 e. The number of halogens is 2. The van der Waals surface area contributed by atoms with Crippen LogP contribution in [-0.4, -0.2) is 44.9 Å². The molecule has 1 aliphatic heterocycles. The minimum absolute atomic E-state index is 0. The summed E-state index contributed by atoms with van der Waals surface area (Å²) in [6.45, 7) is 3.85. The van der Waals surface area contributed by atoms with E-state index in [1.54, 1.807) is 11.0 Å². The first-order valence-electron chi connectivity index (χ1n) is 8.26. The number of carbonyl (C=O) groups excluding carboxylic acids is 1. The van der Waals surface area contributed by atoms with Crippen molar-refractivity contribution in [2.75, 3.05) is 24.4 Å². The normalized spacial score (nSPS) is 17.1. The van der Waals surface area contributed by atoms with Gasteiger partial charge in [0.15, 0.2) is 0 Å². The summed E-state index contributed by atoms with van der Waals surface area (Å²) in [5, 5.41) is 3.26. The quantitative estimate of drug-likeness (QED) is 0.807. The molecule has 3 rings (SSSR count). The Morgan fingerprint density at radius 2 is 1.93 bits per heavy atom. The van der Waals surface area contributed by atoms with E-state index >= 15 is 0 Å². The first-order valence-corrected chi connectivity index (χ1v) is 9.74. The second-order valence-electron chi connectivity index (χ2n) is 6.25. The second-order valence-corrected chi connectivity index (χ2v) is 7.93. The van der Waals surface area contributed by atoms with Gasteiger partial charge in [-0.05, 0) is 49.4 Å². The van der Waals surface area contributed by atoms with Crippen molar-refractivity contribution in [3.05, 3.63) is 59.9 Å².